The number of likely N-dealkylation sites (N-methyl/N-ethyl adjacent to an activating group) is 1. The highest BCUT2D eigenvalue weighted by atomic mass is 15.3. The van der Waals surface area contributed by atoms with Crippen LogP contribution in [0, 0.1) is 0 Å². The lowest BCUT2D eigenvalue weighted by Crippen LogP contribution is -2.45. The summed E-state index contributed by atoms with van der Waals surface area (Å²) in [6.07, 6.45) is 6.65. The molecule has 0 radical (unpaired) electrons. The van der Waals surface area contributed by atoms with Gasteiger partial charge >= 0.3 is 0 Å². The largest absolute Gasteiger partial charge is 0.356 e. The van der Waals surface area contributed by atoms with Crippen molar-refractivity contribution in [2.75, 3.05) is 51.7 Å². The molecule has 0 atom stereocenters. The number of piperazine rings is 1. The Hall–Kier alpha value is -2.61. The van der Waals surface area contributed by atoms with Crippen LogP contribution in [-0.2, 0) is 13.1 Å². The lowest BCUT2D eigenvalue weighted by atomic mass is 10.2. The van der Waals surface area contributed by atoms with E-state index in [-0.39, 0.29) is 0 Å². The third-order valence-corrected chi connectivity index (χ3v) is 4.76. The summed E-state index contributed by atoms with van der Waals surface area (Å²) in [5.41, 5.74) is 1.20. The van der Waals surface area contributed by atoms with Gasteiger partial charge in [-0.15, -0.1) is 0 Å². The van der Waals surface area contributed by atoms with Gasteiger partial charge in [0.05, 0.1) is 0 Å². The number of hydrogen-bond donors (Lipinski definition) is 2. The molecule has 27 heavy (non-hydrogen) atoms. The highest BCUT2D eigenvalue weighted by Crippen LogP contribution is 2.18. The maximum atomic E-state index is 4.63. The predicted molar refractivity (Wildman–Crippen MR) is 109 cm³/mol. The Morgan fingerprint density at radius 2 is 2.00 bits per heavy atom. The molecule has 1 aliphatic rings. The van der Waals surface area contributed by atoms with Crippen molar-refractivity contribution in [3.8, 4) is 0 Å². The van der Waals surface area contributed by atoms with Gasteiger partial charge in [0, 0.05) is 77.0 Å². The summed E-state index contributed by atoms with van der Waals surface area (Å²) in [6.45, 7) is 6.62. The molecule has 1 aliphatic heterocycles. The molecule has 146 valence electrons. The van der Waals surface area contributed by atoms with Gasteiger partial charge in [0.15, 0.2) is 5.96 Å². The third-order valence-electron chi connectivity index (χ3n) is 4.76. The SMILES string of the molecule is CN=C(NCCCn1cccn1)NCc1cccnc1N1CCN(C)CC1. The molecule has 0 amide bonds. The maximum absolute atomic E-state index is 4.63. The Morgan fingerprint density at radius 3 is 2.74 bits per heavy atom. The number of aryl methyl sites for hydroxylation is 1. The van der Waals surface area contributed by atoms with Crippen LogP contribution in [0.25, 0.3) is 0 Å². The summed E-state index contributed by atoms with van der Waals surface area (Å²) in [5.74, 6) is 1.89. The van der Waals surface area contributed by atoms with Crippen LogP contribution in [0.1, 0.15) is 12.0 Å². The van der Waals surface area contributed by atoms with Gasteiger partial charge in [-0.05, 0) is 25.6 Å². The topological polar surface area (TPSA) is 73.6 Å². The minimum atomic E-state index is 0.703. The van der Waals surface area contributed by atoms with Gasteiger partial charge in [0.2, 0.25) is 0 Å². The number of aromatic nitrogens is 3. The van der Waals surface area contributed by atoms with Crippen molar-refractivity contribution in [1.82, 2.24) is 30.3 Å². The van der Waals surface area contributed by atoms with Crippen molar-refractivity contribution in [1.29, 1.82) is 0 Å². The van der Waals surface area contributed by atoms with Crippen LogP contribution in [-0.4, -0.2) is 72.4 Å². The van der Waals surface area contributed by atoms with Gasteiger partial charge in [-0.3, -0.25) is 9.67 Å². The second-order valence-electron chi connectivity index (χ2n) is 6.75. The molecule has 2 N–H and O–H groups in total. The summed E-state index contributed by atoms with van der Waals surface area (Å²) in [6, 6.07) is 6.08. The summed E-state index contributed by atoms with van der Waals surface area (Å²) >= 11 is 0. The fraction of sp³-hybridized carbons (Fsp3) is 0.526. The van der Waals surface area contributed by atoms with Crippen molar-refractivity contribution in [3.05, 3.63) is 42.4 Å². The molecule has 2 aromatic rings. The van der Waals surface area contributed by atoms with E-state index in [1.807, 2.05) is 29.2 Å². The smallest absolute Gasteiger partial charge is 0.191 e. The molecule has 0 unspecified atom stereocenters. The van der Waals surface area contributed by atoms with Gasteiger partial charge in [-0.1, -0.05) is 6.07 Å². The standard InChI is InChI=1S/C19H30N8/c1-20-19(22-8-4-10-27-11-5-9-24-27)23-16-17-6-3-7-21-18(17)26-14-12-25(2)13-15-26/h3,5-7,9,11H,4,8,10,12-16H2,1-2H3,(H2,20,22,23). The lowest BCUT2D eigenvalue weighted by Gasteiger charge is -2.34. The molecule has 1 saturated heterocycles. The summed E-state index contributed by atoms with van der Waals surface area (Å²) < 4.78 is 1.94. The zero-order valence-electron chi connectivity index (χ0n) is 16.3. The monoisotopic (exact) mass is 370 g/mol. The van der Waals surface area contributed by atoms with Crippen LogP contribution >= 0.6 is 0 Å². The Bertz CT molecular complexity index is 704. The Kier molecular flexibility index (Phi) is 7.04. The first-order valence-electron chi connectivity index (χ1n) is 9.55. The lowest BCUT2D eigenvalue weighted by molar-refractivity contribution is 0.312. The Balaban J connectivity index is 1.48. The summed E-state index contributed by atoms with van der Waals surface area (Å²) in [4.78, 5) is 13.7. The molecule has 1 fully saturated rings. The van der Waals surface area contributed by atoms with Crippen molar-refractivity contribution in [2.45, 2.75) is 19.5 Å². The number of aliphatic imine (C=N–C) groups is 1. The summed E-state index contributed by atoms with van der Waals surface area (Å²) in [7, 11) is 3.97. The van der Waals surface area contributed by atoms with E-state index in [0.29, 0.717) is 6.54 Å². The first-order valence-corrected chi connectivity index (χ1v) is 9.55. The molecular weight excluding hydrogens is 340 g/mol. The van der Waals surface area contributed by atoms with Crippen LogP contribution < -0.4 is 15.5 Å². The Morgan fingerprint density at radius 1 is 1.15 bits per heavy atom. The van der Waals surface area contributed by atoms with Crippen molar-refractivity contribution in [3.63, 3.8) is 0 Å². The number of guanidine groups is 1. The van der Waals surface area contributed by atoms with Crippen molar-refractivity contribution < 1.29 is 0 Å². The number of pyridine rings is 1. The van der Waals surface area contributed by atoms with E-state index in [4.69, 9.17) is 0 Å². The van der Waals surface area contributed by atoms with E-state index < -0.39 is 0 Å². The van der Waals surface area contributed by atoms with Crippen LogP contribution in [0.3, 0.4) is 0 Å². The zero-order valence-corrected chi connectivity index (χ0v) is 16.3. The van der Waals surface area contributed by atoms with Gasteiger partial charge in [-0.25, -0.2) is 4.98 Å². The minimum absolute atomic E-state index is 0.703. The number of rotatable bonds is 7. The van der Waals surface area contributed by atoms with E-state index >= 15 is 0 Å². The molecule has 0 aromatic carbocycles. The van der Waals surface area contributed by atoms with Crippen LogP contribution in [0.15, 0.2) is 41.8 Å². The zero-order chi connectivity index (χ0) is 18.9. The molecule has 3 heterocycles. The second kappa shape index (κ2) is 9.91. The van der Waals surface area contributed by atoms with E-state index in [2.05, 4.69) is 48.6 Å². The average molecular weight is 371 g/mol. The maximum Gasteiger partial charge on any atom is 0.191 e. The fourth-order valence-electron chi connectivity index (χ4n) is 3.15. The second-order valence-corrected chi connectivity index (χ2v) is 6.75. The number of anilines is 1. The predicted octanol–water partition coefficient (Wildman–Crippen LogP) is 0.785. The quantitative estimate of drug-likeness (QED) is 0.426. The van der Waals surface area contributed by atoms with Crippen LogP contribution in [0.4, 0.5) is 5.82 Å². The van der Waals surface area contributed by atoms with Crippen LogP contribution in [0.5, 0.6) is 0 Å². The van der Waals surface area contributed by atoms with Gasteiger partial charge in [0.25, 0.3) is 0 Å². The molecule has 0 aliphatic carbocycles. The fourth-order valence-corrected chi connectivity index (χ4v) is 3.15. The van der Waals surface area contributed by atoms with E-state index in [9.17, 15) is 0 Å². The molecular formula is C19H30N8. The highest BCUT2D eigenvalue weighted by molar-refractivity contribution is 5.79. The minimum Gasteiger partial charge on any atom is -0.356 e. The van der Waals surface area contributed by atoms with Crippen molar-refractivity contribution in [2.24, 2.45) is 4.99 Å². The Labute approximate surface area is 161 Å². The summed E-state index contributed by atoms with van der Waals surface area (Å²) in [5, 5.41) is 11.0. The molecule has 2 aromatic heterocycles. The van der Waals surface area contributed by atoms with E-state index in [1.54, 1.807) is 13.2 Å². The molecule has 3 rings (SSSR count). The van der Waals surface area contributed by atoms with E-state index in [0.717, 1.165) is 57.5 Å². The molecule has 0 bridgehead atoms. The molecule has 0 spiro atoms. The molecule has 8 nitrogen and oxygen atoms in total. The molecule has 0 saturated carbocycles. The number of nitrogens with zero attached hydrogens (tertiary/aromatic N) is 6. The third kappa shape index (κ3) is 5.68. The van der Waals surface area contributed by atoms with Gasteiger partial charge < -0.3 is 20.4 Å². The van der Waals surface area contributed by atoms with Crippen molar-refractivity contribution >= 4 is 11.8 Å². The van der Waals surface area contributed by atoms with Gasteiger partial charge in [0.1, 0.15) is 5.82 Å². The van der Waals surface area contributed by atoms with Crippen LogP contribution in [0.2, 0.25) is 0 Å². The normalized spacial score (nSPS) is 15.8. The highest BCUT2D eigenvalue weighted by Gasteiger charge is 2.17. The van der Waals surface area contributed by atoms with Gasteiger partial charge in [-0.2, -0.15) is 5.10 Å². The first-order chi connectivity index (χ1) is 13.3. The number of nitrogens with one attached hydrogen (secondary N) is 2. The number of hydrogen-bond acceptors (Lipinski definition) is 5. The molecule has 8 heteroatoms. The average Bonchev–Trinajstić information content (AvgIpc) is 3.22. The van der Waals surface area contributed by atoms with E-state index in [1.165, 1.54) is 5.56 Å². The first kappa shape index (κ1) is 19.2.